The van der Waals surface area contributed by atoms with Gasteiger partial charge in [0.15, 0.2) is 5.52 Å². The van der Waals surface area contributed by atoms with E-state index in [1.54, 1.807) is 12.1 Å². The van der Waals surface area contributed by atoms with Crippen molar-refractivity contribution in [3.63, 3.8) is 0 Å². The van der Waals surface area contributed by atoms with Gasteiger partial charge in [-0.25, -0.2) is 0 Å². The molecular weight excluding hydrogens is 211 g/mol. The van der Waals surface area contributed by atoms with Gasteiger partial charge in [0.05, 0.1) is 13.2 Å². The smallest absolute Gasteiger partial charge is 0.185 e. The van der Waals surface area contributed by atoms with E-state index in [9.17, 15) is 4.79 Å². The van der Waals surface area contributed by atoms with Gasteiger partial charge in [0, 0.05) is 0 Å². The van der Waals surface area contributed by atoms with Gasteiger partial charge in [-0.2, -0.15) is 0 Å². The van der Waals surface area contributed by atoms with Crippen LogP contribution in [0.2, 0.25) is 0 Å². The Kier molecular flexibility index (Phi) is 4.57. The molecule has 0 saturated carbocycles. The average Bonchev–Trinajstić information content (AvgIpc) is 2.18. The highest BCUT2D eigenvalue weighted by molar-refractivity contribution is 7.41. The third kappa shape index (κ3) is 2.93. The van der Waals surface area contributed by atoms with Gasteiger partial charge in [-0.3, -0.25) is 4.79 Å². The molecule has 0 aliphatic heterocycles. The number of hydrogen-bond acceptors (Lipinski definition) is 3. The molecule has 15 heavy (non-hydrogen) atoms. The quantitative estimate of drug-likeness (QED) is 0.723. The van der Waals surface area contributed by atoms with E-state index in [4.69, 9.17) is 9.47 Å². The van der Waals surface area contributed by atoms with Crippen molar-refractivity contribution >= 4 is 14.8 Å². The largest absolute Gasteiger partial charge is 0.493 e. The van der Waals surface area contributed by atoms with E-state index < -0.39 is 0 Å². The Bertz CT molecular complexity index is 325. The first-order valence-electron chi connectivity index (χ1n) is 4.89. The highest BCUT2D eigenvalue weighted by atomic mass is 31.0. The zero-order valence-electron chi connectivity index (χ0n) is 8.95. The zero-order valence-corrected chi connectivity index (χ0v) is 10.1. The molecule has 0 aromatic heterocycles. The van der Waals surface area contributed by atoms with Gasteiger partial charge in [0.2, 0.25) is 0 Å². The van der Waals surface area contributed by atoms with Gasteiger partial charge in [0.25, 0.3) is 0 Å². The molecule has 0 saturated heterocycles. The summed E-state index contributed by atoms with van der Waals surface area (Å²) < 4.78 is 10.7. The normalized spacial score (nSPS) is 9.80. The number of hydrogen-bond donors (Lipinski definition) is 0. The van der Waals surface area contributed by atoms with Crippen LogP contribution in [0.3, 0.4) is 0 Å². The molecule has 0 aliphatic carbocycles. The van der Waals surface area contributed by atoms with Crippen LogP contribution in [-0.4, -0.2) is 18.7 Å². The molecule has 1 unspecified atom stereocenters. The van der Waals surface area contributed by atoms with Crippen LogP contribution in [0, 0.1) is 0 Å². The Hall–Kier alpha value is -1.08. The first-order chi connectivity index (χ1) is 7.20. The van der Waals surface area contributed by atoms with Crippen LogP contribution in [-0.2, 0) is 0 Å². The fourth-order valence-electron chi connectivity index (χ4n) is 1.31. The Morgan fingerprint density at radius 3 is 2.00 bits per heavy atom. The van der Waals surface area contributed by atoms with Crippen molar-refractivity contribution in [2.75, 3.05) is 13.2 Å². The lowest BCUT2D eigenvalue weighted by Gasteiger charge is -2.12. The van der Waals surface area contributed by atoms with Crippen molar-refractivity contribution in [3.05, 3.63) is 23.8 Å². The second-order valence-corrected chi connectivity index (χ2v) is 3.38. The molecule has 0 N–H and O–H groups in total. The van der Waals surface area contributed by atoms with Crippen molar-refractivity contribution in [1.82, 2.24) is 0 Å². The van der Waals surface area contributed by atoms with Gasteiger partial charge >= 0.3 is 0 Å². The number of benzene rings is 1. The Morgan fingerprint density at radius 1 is 1.20 bits per heavy atom. The fraction of sp³-hybridized carbons (Fsp3) is 0.364. The molecule has 0 spiro atoms. The van der Waals surface area contributed by atoms with E-state index >= 15 is 0 Å². The van der Waals surface area contributed by atoms with Gasteiger partial charge in [-0.1, -0.05) is 15.3 Å². The predicted molar refractivity (Wildman–Crippen MR) is 62.8 cm³/mol. The van der Waals surface area contributed by atoms with Crippen LogP contribution in [0.5, 0.6) is 11.5 Å². The fourth-order valence-corrected chi connectivity index (χ4v) is 1.59. The van der Waals surface area contributed by atoms with Gasteiger partial charge < -0.3 is 9.47 Å². The van der Waals surface area contributed by atoms with Gasteiger partial charge in [0.1, 0.15) is 17.1 Å². The molecule has 1 aromatic rings. The SMILES string of the molecule is CCOc1cccc(OCC)c1C(=O)P. The van der Waals surface area contributed by atoms with Crippen LogP contribution in [0.15, 0.2) is 18.2 Å². The minimum atomic E-state index is -0.123. The molecule has 0 radical (unpaired) electrons. The summed E-state index contributed by atoms with van der Waals surface area (Å²) in [6, 6.07) is 5.35. The van der Waals surface area contributed by atoms with Crippen molar-refractivity contribution in [1.29, 1.82) is 0 Å². The lowest BCUT2D eigenvalue weighted by atomic mass is 10.2. The minimum absolute atomic E-state index is 0.123. The van der Waals surface area contributed by atoms with Crippen LogP contribution in [0.25, 0.3) is 0 Å². The van der Waals surface area contributed by atoms with Crippen LogP contribution < -0.4 is 9.47 Å². The molecule has 82 valence electrons. The molecule has 0 aliphatic rings. The molecule has 4 heteroatoms. The number of carbonyl (C=O) groups is 1. The zero-order chi connectivity index (χ0) is 11.3. The summed E-state index contributed by atoms with van der Waals surface area (Å²) in [4.78, 5) is 11.4. The average molecular weight is 226 g/mol. The summed E-state index contributed by atoms with van der Waals surface area (Å²) in [7, 11) is 2.14. The summed E-state index contributed by atoms with van der Waals surface area (Å²) >= 11 is 0. The second kappa shape index (κ2) is 5.72. The monoisotopic (exact) mass is 226 g/mol. The van der Waals surface area contributed by atoms with Crippen LogP contribution in [0.1, 0.15) is 24.2 Å². The molecule has 0 bridgehead atoms. The Morgan fingerprint density at radius 2 is 1.67 bits per heavy atom. The first-order valence-corrected chi connectivity index (χ1v) is 5.46. The summed E-state index contributed by atoms with van der Waals surface area (Å²) in [6.45, 7) is 4.82. The molecule has 1 atom stereocenters. The van der Waals surface area contributed by atoms with Crippen LogP contribution >= 0.6 is 9.24 Å². The van der Waals surface area contributed by atoms with Crippen molar-refractivity contribution in [2.24, 2.45) is 0 Å². The van der Waals surface area contributed by atoms with E-state index in [1.165, 1.54) is 0 Å². The summed E-state index contributed by atoms with van der Waals surface area (Å²) in [5.41, 5.74) is 0.369. The third-order valence-electron chi connectivity index (χ3n) is 1.83. The summed E-state index contributed by atoms with van der Waals surface area (Å²) in [6.07, 6.45) is 0. The Labute approximate surface area is 92.0 Å². The van der Waals surface area contributed by atoms with E-state index in [0.29, 0.717) is 30.3 Å². The summed E-state index contributed by atoms with van der Waals surface area (Å²) in [5.74, 6) is 1.15. The van der Waals surface area contributed by atoms with Crippen molar-refractivity contribution < 1.29 is 14.3 Å². The van der Waals surface area contributed by atoms with Gasteiger partial charge in [-0.15, -0.1) is 0 Å². The minimum Gasteiger partial charge on any atom is -0.493 e. The predicted octanol–water partition coefficient (Wildman–Crippen LogP) is 2.50. The lowest BCUT2D eigenvalue weighted by Crippen LogP contribution is -2.03. The highest BCUT2D eigenvalue weighted by Crippen LogP contribution is 2.30. The summed E-state index contributed by atoms with van der Waals surface area (Å²) in [5, 5.41) is 0. The second-order valence-electron chi connectivity index (χ2n) is 2.86. The van der Waals surface area contributed by atoms with Gasteiger partial charge in [-0.05, 0) is 26.0 Å². The molecule has 3 nitrogen and oxygen atoms in total. The molecule has 1 aromatic carbocycles. The maximum absolute atomic E-state index is 11.4. The van der Waals surface area contributed by atoms with E-state index in [0.717, 1.165) is 0 Å². The first kappa shape index (κ1) is 12.0. The molecule has 0 heterocycles. The maximum atomic E-state index is 11.4. The van der Waals surface area contributed by atoms with E-state index in [-0.39, 0.29) is 5.52 Å². The van der Waals surface area contributed by atoms with E-state index in [2.05, 4.69) is 9.24 Å². The van der Waals surface area contributed by atoms with Crippen molar-refractivity contribution in [3.8, 4) is 11.5 Å². The maximum Gasteiger partial charge on any atom is 0.185 e. The molecule has 0 fully saturated rings. The molecule has 0 amide bonds. The molecule has 1 rings (SSSR count). The highest BCUT2D eigenvalue weighted by Gasteiger charge is 2.14. The number of ether oxygens (including phenoxy) is 2. The topological polar surface area (TPSA) is 35.5 Å². The molecular formula is C11H15O3P. The van der Waals surface area contributed by atoms with Crippen molar-refractivity contribution in [2.45, 2.75) is 13.8 Å². The number of carbonyl (C=O) groups excluding carboxylic acids is 1. The standard InChI is InChI=1S/C11H15O3P/c1-3-13-8-6-5-7-9(14-4-2)10(8)11(12)15/h5-7H,3-4,15H2,1-2H3. The van der Waals surface area contributed by atoms with Crippen LogP contribution in [0.4, 0.5) is 0 Å². The Balaban J connectivity index is 3.15. The number of rotatable bonds is 5. The lowest BCUT2D eigenvalue weighted by molar-refractivity contribution is 0.108. The third-order valence-corrected chi connectivity index (χ3v) is 2.12. The van der Waals surface area contributed by atoms with E-state index in [1.807, 2.05) is 19.9 Å².